The number of carbonyl (C=O) groups is 3. The van der Waals surface area contributed by atoms with Gasteiger partial charge in [-0.05, 0) is 39.3 Å². The van der Waals surface area contributed by atoms with E-state index in [4.69, 9.17) is 15.3 Å². The van der Waals surface area contributed by atoms with E-state index in [1.54, 1.807) is 0 Å². The molecular weight excluding hydrogens is 254 g/mol. The van der Waals surface area contributed by atoms with Crippen molar-refractivity contribution in [3.05, 3.63) is 34.9 Å². The Morgan fingerprint density at radius 1 is 0.737 bits per heavy atom. The minimum absolute atomic E-state index is 0.368. The number of rotatable bonds is 3. The second-order valence-electron chi connectivity index (χ2n) is 4.06. The molecule has 104 valence electrons. The fourth-order valence-electron chi connectivity index (χ4n) is 0.998. The van der Waals surface area contributed by atoms with Crippen LogP contribution in [-0.4, -0.2) is 59.3 Å². The molecule has 0 aliphatic rings. The van der Waals surface area contributed by atoms with Crippen LogP contribution in [0.15, 0.2) is 18.2 Å². The lowest BCUT2D eigenvalue weighted by molar-refractivity contribution is 0.0696. The van der Waals surface area contributed by atoms with Gasteiger partial charge in [-0.25, -0.2) is 14.4 Å². The van der Waals surface area contributed by atoms with Gasteiger partial charge in [0.05, 0.1) is 16.7 Å². The second-order valence-corrected chi connectivity index (χ2v) is 4.06. The minimum atomic E-state index is -1.37. The molecule has 0 spiro atoms. The van der Waals surface area contributed by atoms with Crippen LogP contribution in [0, 0.1) is 0 Å². The van der Waals surface area contributed by atoms with E-state index in [1.807, 2.05) is 26.0 Å². The summed E-state index contributed by atoms with van der Waals surface area (Å²) in [6.45, 7) is 0. The van der Waals surface area contributed by atoms with E-state index in [1.165, 1.54) is 0 Å². The molecule has 0 radical (unpaired) electrons. The number of carboxylic acids is 3. The molecule has 0 fully saturated rings. The Morgan fingerprint density at radius 2 is 0.895 bits per heavy atom. The minimum Gasteiger partial charge on any atom is -0.478 e. The third-order valence-electron chi connectivity index (χ3n) is 1.67. The summed E-state index contributed by atoms with van der Waals surface area (Å²) in [7, 11) is 6.00. The van der Waals surface area contributed by atoms with Crippen LogP contribution >= 0.6 is 0 Å². The Hall–Kier alpha value is -2.41. The highest BCUT2D eigenvalue weighted by Crippen LogP contribution is 2.11. The van der Waals surface area contributed by atoms with Crippen LogP contribution < -0.4 is 0 Å². The van der Waals surface area contributed by atoms with Crippen molar-refractivity contribution in [2.45, 2.75) is 0 Å². The zero-order valence-electron chi connectivity index (χ0n) is 10.7. The van der Waals surface area contributed by atoms with Crippen LogP contribution in [0.2, 0.25) is 0 Å². The molecule has 0 unspecified atom stereocenters. The molecule has 7 heteroatoms. The monoisotopic (exact) mass is 269 g/mol. The lowest BCUT2D eigenvalue weighted by atomic mass is 10.1. The smallest absolute Gasteiger partial charge is 0.335 e. The average Bonchev–Trinajstić information content (AvgIpc) is 2.27. The Bertz CT molecular complexity index is 413. The van der Waals surface area contributed by atoms with Gasteiger partial charge in [0, 0.05) is 0 Å². The summed E-state index contributed by atoms with van der Waals surface area (Å²) < 4.78 is 0. The summed E-state index contributed by atoms with van der Waals surface area (Å²) in [5.41, 5.74) is -1.10. The zero-order chi connectivity index (χ0) is 15.2. The van der Waals surface area contributed by atoms with Gasteiger partial charge in [0.1, 0.15) is 0 Å². The lowest BCUT2D eigenvalue weighted by Gasteiger charge is -2.00. The highest BCUT2D eigenvalue weighted by Gasteiger charge is 2.14. The van der Waals surface area contributed by atoms with Crippen molar-refractivity contribution in [1.82, 2.24) is 4.90 Å². The predicted molar refractivity (Wildman–Crippen MR) is 66.9 cm³/mol. The van der Waals surface area contributed by atoms with E-state index in [0.717, 1.165) is 18.2 Å². The quantitative estimate of drug-likeness (QED) is 0.748. The standard InChI is InChI=1S/C9H6O6.C3H9N/c10-7(11)4-1-5(8(12)13)3-6(2-4)9(14)15;1-4(2)3/h1-3H,(H,10,11)(H,12,13)(H,14,15);1-3H3. The molecule has 0 amide bonds. The molecule has 7 nitrogen and oxygen atoms in total. The van der Waals surface area contributed by atoms with Crippen molar-refractivity contribution in [2.75, 3.05) is 21.1 Å². The van der Waals surface area contributed by atoms with Crippen LogP contribution in [0.3, 0.4) is 0 Å². The molecular formula is C12H15NO6. The average molecular weight is 269 g/mol. The number of aromatic carboxylic acids is 3. The van der Waals surface area contributed by atoms with Gasteiger partial charge in [0.25, 0.3) is 0 Å². The molecule has 1 rings (SSSR count). The Balaban J connectivity index is 0.000000711. The summed E-state index contributed by atoms with van der Waals surface area (Å²) in [5.74, 6) is -4.12. The van der Waals surface area contributed by atoms with Gasteiger partial charge in [-0.1, -0.05) is 0 Å². The van der Waals surface area contributed by atoms with Crippen LogP contribution in [0.5, 0.6) is 0 Å². The lowest BCUT2D eigenvalue weighted by Crippen LogP contribution is -2.07. The molecule has 0 atom stereocenters. The predicted octanol–water partition coefficient (Wildman–Crippen LogP) is 0.959. The molecule has 0 aliphatic heterocycles. The summed E-state index contributed by atoms with van der Waals surface area (Å²) in [4.78, 5) is 33.7. The normalized spacial score (nSPS) is 9.47. The van der Waals surface area contributed by atoms with Gasteiger partial charge in [-0.2, -0.15) is 0 Å². The molecule has 0 bridgehead atoms. The molecule has 0 saturated heterocycles. The molecule has 0 saturated carbocycles. The molecule has 1 aromatic carbocycles. The van der Waals surface area contributed by atoms with E-state index in [-0.39, 0.29) is 16.7 Å². The number of hydrogen-bond acceptors (Lipinski definition) is 4. The molecule has 19 heavy (non-hydrogen) atoms. The van der Waals surface area contributed by atoms with Gasteiger partial charge >= 0.3 is 17.9 Å². The van der Waals surface area contributed by atoms with E-state index >= 15 is 0 Å². The molecule has 0 aliphatic carbocycles. The molecule has 3 N–H and O–H groups in total. The fraction of sp³-hybridized carbons (Fsp3) is 0.250. The van der Waals surface area contributed by atoms with Crippen LogP contribution in [0.4, 0.5) is 0 Å². The topological polar surface area (TPSA) is 115 Å². The zero-order valence-corrected chi connectivity index (χ0v) is 10.7. The largest absolute Gasteiger partial charge is 0.478 e. The Labute approximate surface area is 109 Å². The van der Waals surface area contributed by atoms with E-state index in [2.05, 4.69) is 0 Å². The maximum Gasteiger partial charge on any atom is 0.335 e. The number of nitrogens with zero attached hydrogens (tertiary/aromatic N) is 1. The van der Waals surface area contributed by atoms with Crippen molar-refractivity contribution in [3.8, 4) is 0 Å². The van der Waals surface area contributed by atoms with Gasteiger partial charge in [0.15, 0.2) is 0 Å². The summed E-state index contributed by atoms with van der Waals surface area (Å²) in [6, 6.07) is 2.70. The van der Waals surface area contributed by atoms with Gasteiger partial charge in [0.2, 0.25) is 0 Å². The van der Waals surface area contributed by atoms with E-state index in [0.29, 0.717) is 0 Å². The SMILES string of the molecule is CN(C)C.O=C(O)c1cc(C(=O)O)cc(C(=O)O)c1. The summed E-state index contributed by atoms with van der Waals surface area (Å²) >= 11 is 0. The first-order valence-corrected chi connectivity index (χ1v) is 5.11. The van der Waals surface area contributed by atoms with Gasteiger partial charge in [-0.3, -0.25) is 0 Å². The molecule has 0 heterocycles. The number of carboxylic acid groups (broad SMARTS) is 3. The third kappa shape index (κ3) is 6.18. The summed E-state index contributed by atoms with van der Waals surface area (Å²) in [6.07, 6.45) is 0. The van der Waals surface area contributed by atoms with Crippen LogP contribution in [0.1, 0.15) is 31.1 Å². The third-order valence-corrected chi connectivity index (χ3v) is 1.67. The van der Waals surface area contributed by atoms with Crippen molar-refractivity contribution in [2.24, 2.45) is 0 Å². The first-order chi connectivity index (χ1) is 8.65. The Morgan fingerprint density at radius 3 is 1.00 bits per heavy atom. The highest BCUT2D eigenvalue weighted by molar-refractivity contribution is 5.98. The van der Waals surface area contributed by atoms with Crippen molar-refractivity contribution >= 4 is 17.9 Å². The van der Waals surface area contributed by atoms with Crippen LogP contribution in [-0.2, 0) is 0 Å². The van der Waals surface area contributed by atoms with E-state index in [9.17, 15) is 14.4 Å². The Kier molecular flexibility index (Phi) is 6.22. The molecule has 0 aromatic heterocycles. The van der Waals surface area contributed by atoms with Gasteiger partial charge < -0.3 is 20.2 Å². The second kappa shape index (κ2) is 7.12. The van der Waals surface area contributed by atoms with Crippen molar-refractivity contribution in [1.29, 1.82) is 0 Å². The van der Waals surface area contributed by atoms with Crippen molar-refractivity contribution in [3.63, 3.8) is 0 Å². The maximum absolute atomic E-state index is 10.6. The van der Waals surface area contributed by atoms with Gasteiger partial charge in [-0.15, -0.1) is 0 Å². The first-order valence-electron chi connectivity index (χ1n) is 5.11. The highest BCUT2D eigenvalue weighted by atomic mass is 16.4. The summed E-state index contributed by atoms with van der Waals surface area (Å²) in [5, 5.41) is 25.8. The first kappa shape index (κ1) is 16.6. The number of hydrogen-bond donors (Lipinski definition) is 3. The fourth-order valence-corrected chi connectivity index (χ4v) is 0.998. The van der Waals surface area contributed by atoms with Crippen molar-refractivity contribution < 1.29 is 29.7 Å². The maximum atomic E-state index is 10.6. The van der Waals surface area contributed by atoms with Crippen LogP contribution in [0.25, 0.3) is 0 Å². The number of benzene rings is 1. The van der Waals surface area contributed by atoms with E-state index < -0.39 is 17.9 Å². The molecule has 1 aromatic rings.